The molecule has 1 atom stereocenters. The Kier molecular flexibility index (Phi) is 6.72. The number of thiophene rings is 1. The van der Waals surface area contributed by atoms with Gasteiger partial charge in [-0.05, 0) is 54.7 Å². The second kappa shape index (κ2) is 9.47. The van der Waals surface area contributed by atoms with E-state index in [4.69, 9.17) is 12.2 Å². The van der Waals surface area contributed by atoms with Crippen molar-refractivity contribution in [1.82, 2.24) is 19.7 Å². The Morgan fingerprint density at radius 1 is 1.30 bits per heavy atom. The van der Waals surface area contributed by atoms with Crippen LogP contribution in [-0.4, -0.2) is 50.2 Å². The van der Waals surface area contributed by atoms with Gasteiger partial charge >= 0.3 is 0 Å². The van der Waals surface area contributed by atoms with Crippen LogP contribution in [0.3, 0.4) is 0 Å². The van der Waals surface area contributed by atoms with Crippen LogP contribution in [0.4, 0.5) is 5.69 Å². The molecule has 1 amide bonds. The number of thioether (sulfide) groups is 1. The minimum absolute atomic E-state index is 0.111. The van der Waals surface area contributed by atoms with Crippen LogP contribution in [-0.2, 0) is 11.3 Å². The van der Waals surface area contributed by atoms with E-state index in [-0.39, 0.29) is 5.91 Å². The lowest BCUT2D eigenvalue weighted by atomic mass is 10.1. The van der Waals surface area contributed by atoms with E-state index in [1.54, 1.807) is 15.9 Å². The van der Waals surface area contributed by atoms with Gasteiger partial charge in [0.2, 0.25) is 5.91 Å². The van der Waals surface area contributed by atoms with Gasteiger partial charge in [0.25, 0.3) is 0 Å². The fourth-order valence-corrected chi connectivity index (χ4v) is 5.57. The molecule has 3 heterocycles. The number of amides is 1. The van der Waals surface area contributed by atoms with E-state index in [9.17, 15) is 4.79 Å². The molecule has 2 aromatic heterocycles. The quantitative estimate of drug-likeness (QED) is 0.522. The lowest BCUT2D eigenvalue weighted by Crippen LogP contribution is -2.32. The molecule has 1 aromatic carbocycles. The fourth-order valence-electron chi connectivity index (χ4n) is 3.59. The van der Waals surface area contributed by atoms with Gasteiger partial charge in [0, 0.05) is 36.8 Å². The van der Waals surface area contributed by atoms with E-state index >= 15 is 0 Å². The van der Waals surface area contributed by atoms with Crippen molar-refractivity contribution in [2.45, 2.75) is 26.4 Å². The molecule has 3 aromatic rings. The molecule has 9 heteroatoms. The number of nitrogens with one attached hydrogen (secondary N) is 2. The second-order valence-electron chi connectivity index (χ2n) is 7.34. The molecule has 30 heavy (non-hydrogen) atoms. The highest BCUT2D eigenvalue weighted by Gasteiger charge is 2.22. The van der Waals surface area contributed by atoms with Gasteiger partial charge in [0.05, 0.1) is 4.88 Å². The van der Waals surface area contributed by atoms with E-state index in [1.807, 2.05) is 48.3 Å². The Labute approximate surface area is 189 Å². The minimum Gasteiger partial charge on any atom is -0.324 e. The monoisotopic (exact) mass is 459 g/mol. The van der Waals surface area contributed by atoms with Gasteiger partial charge in [-0.3, -0.25) is 19.4 Å². The van der Waals surface area contributed by atoms with Crippen LogP contribution >= 0.6 is 35.3 Å². The molecule has 0 aliphatic carbocycles. The van der Waals surface area contributed by atoms with Gasteiger partial charge in [-0.25, -0.2) is 0 Å². The summed E-state index contributed by atoms with van der Waals surface area (Å²) in [6, 6.07) is 9.57. The third kappa shape index (κ3) is 4.54. The highest BCUT2D eigenvalue weighted by Crippen LogP contribution is 2.27. The number of hydrogen-bond acceptors (Lipinski definition) is 6. The van der Waals surface area contributed by atoms with E-state index in [0.29, 0.717) is 10.6 Å². The molecule has 0 spiro atoms. The van der Waals surface area contributed by atoms with Crippen molar-refractivity contribution in [3.05, 3.63) is 51.6 Å². The van der Waals surface area contributed by atoms with Crippen LogP contribution in [0.2, 0.25) is 0 Å². The first-order valence-electron chi connectivity index (χ1n) is 9.95. The van der Waals surface area contributed by atoms with Crippen molar-refractivity contribution in [3.63, 3.8) is 0 Å². The van der Waals surface area contributed by atoms with Gasteiger partial charge in [0.1, 0.15) is 6.04 Å². The molecule has 1 aliphatic heterocycles. The fraction of sp³-hybridized carbons (Fsp3) is 0.381. The number of carbonyl (C=O) groups excluding carboxylic acids is 1. The maximum absolute atomic E-state index is 13.1. The summed E-state index contributed by atoms with van der Waals surface area (Å²) in [5, 5.41) is 12.3. The summed E-state index contributed by atoms with van der Waals surface area (Å²) in [5.74, 6) is 2.95. The molecular formula is C21H25N5OS3. The average Bonchev–Trinajstić information content (AvgIpc) is 3.41. The van der Waals surface area contributed by atoms with Crippen molar-refractivity contribution in [3.8, 4) is 10.7 Å². The topological polar surface area (TPSA) is 66.0 Å². The normalized spacial score (nSPS) is 15.8. The van der Waals surface area contributed by atoms with Crippen LogP contribution in [0.1, 0.15) is 24.1 Å². The molecule has 0 saturated carbocycles. The lowest BCUT2D eigenvalue weighted by molar-refractivity contribution is -0.118. The van der Waals surface area contributed by atoms with Gasteiger partial charge in [-0.1, -0.05) is 18.2 Å². The number of carbonyl (C=O) groups is 1. The summed E-state index contributed by atoms with van der Waals surface area (Å²) in [4.78, 5) is 16.6. The third-order valence-corrected chi connectivity index (χ3v) is 7.51. The lowest BCUT2D eigenvalue weighted by Gasteiger charge is -2.27. The van der Waals surface area contributed by atoms with Crippen LogP contribution in [0.25, 0.3) is 10.7 Å². The maximum atomic E-state index is 13.1. The van der Waals surface area contributed by atoms with E-state index < -0.39 is 6.04 Å². The van der Waals surface area contributed by atoms with Crippen molar-refractivity contribution in [2.75, 3.05) is 29.9 Å². The molecule has 6 nitrogen and oxygen atoms in total. The number of aromatic nitrogens is 3. The Morgan fingerprint density at radius 2 is 2.10 bits per heavy atom. The van der Waals surface area contributed by atoms with Crippen LogP contribution in [0, 0.1) is 11.7 Å². The SMILES string of the molecule is Cc1c(CN2CCSCC2)cccc1NC(=O)C(C)n1c(-c2cccs2)n[nH]c1=S. The Balaban J connectivity index is 1.52. The van der Waals surface area contributed by atoms with Crippen molar-refractivity contribution < 1.29 is 4.79 Å². The van der Waals surface area contributed by atoms with Crippen LogP contribution < -0.4 is 5.32 Å². The molecular weight excluding hydrogens is 434 g/mol. The summed E-state index contributed by atoms with van der Waals surface area (Å²) in [7, 11) is 0. The largest absolute Gasteiger partial charge is 0.324 e. The summed E-state index contributed by atoms with van der Waals surface area (Å²) in [5.41, 5.74) is 3.22. The molecule has 2 N–H and O–H groups in total. The summed E-state index contributed by atoms with van der Waals surface area (Å²) in [6.07, 6.45) is 0. The van der Waals surface area contributed by atoms with Crippen molar-refractivity contribution in [2.24, 2.45) is 0 Å². The predicted octanol–water partition coefficient (Wildman–Crippen LogP) is 4.73. The molecule has 1 unspecified atom stereocenters. The van der Waals surface area contributed by atoms with Gasteiger partial charge in [0.15, 0.2) is 10.6 Å². The van der Waals surface area contributed by atoms with Crippen molar-refractivity contribution in [1.29, 1.82) is 0 Å². The van der Waals surface area contributed by atoms with E-state index in [0.717, 1.165) is 35.8 Å². The first-order chi connectivity index (χ1) is 14.5. The number of H-pyrrole nitrogens is 1. The van der Waals surface area contributed by atoms with Gasteiger partial charge in [-0.2, -0.15) is 16.9 Å². The molecule has 0 bridgehead atoms. The maximum Gasteiger partial charge on any atom is 0.247 e. The summed E-state index contributed by atoms with van der Waals surface area (Å²) in [6.45, 7) is 7.07. The van der Waals surface area contributed by atoms with E-state index in [2.05, 4.69) is 33.4 Å². The van der Waals surface area contributed by atoms with Crippen LogP contribution in [0.15, 0.2) is 35.7 Å². The molecule has 1 fully saturated rings. The van der Waals surface area contributed by atoms with Gasteiger partial charge in [-0.15, -0.1) is 11.3 Å². The highest BCUT2D eigenvalue weighted by molar-refractivity contribution is 7.99. The average molecular weight is 460 g/mol. The number of nitrogens with zero attached hydrogens (tertiary/aromatic N) is 3. The summed E-state index contributed by atoms with van der Waals surface area (Å²) >= 11 is 8.99. The summed E-state index contributed by atoms with van der Waals surface area (Å²) < 4.78 is 2.22. The smallest absolute Gasteiger partial charge is 0.247 e. The first-order valence-corrected chi connectivity index (χ1v) is 12.4. The zero-order valence-electron chi connectivity index (χ0n) is 17.1. The number of anilines is 1. The predicted molar refractivity (Wildman–Crippen MR) is 128 cm³/mol. The molecule has 158 valence electrons. The Morgan fingerprint density at radius 3 is 2.83 bits per heavy atom. The first kappa shape index (κ1) is 21.3. The Hall–Kier alpha value is -1.94. The molecule has 4 rings (SSSR count). The van der Waals surface area contributed by atoms with Crippen LogP contribution in [0.5, 0.6) is 0 Å². The molecule has 1 aliphatic rings. The Bertz CT molecular complexity index is 1070. The molecule has 1 saturated heterocycles. The zero-order chi connectivity index (χ0) is 21.1. The molecule has 0 radical (unpaired) electrons. The minimum atomic E-state index is -0.490. The number of hydrogen-bond donors (Lipinski definition) is 2. The zero-order valence-corrected chi connectivity index (χ0v) is 19.5. The number of benzene rings is 1. The number of aromatic amines is 1. The number of rotatable bonds is 6. The van der Waals surface area contributed by atoms with E-state index in [1.165, 1.54) is 17.1 Å². The second-order valence-corrected chi connectivity index (χ2v) is 9.90. The van der Waals surface area contributed by atoms with Crippen molar-refractivity contribution >= 4 is 46.9 Å². The third-order valence-electron chi connectivity index (χ3n) is 5.41. The highest BCUT2D eigenvalue weighted by atomic mass is 32.2. The standard InChI is InChI=1S/C21H25N5OS3/c1-14-16(13-25-8-11-29-12-9-25)5-3-6-17(14)22-20(27)15(2)26-19(23-24-21(26)28)18-7-4-10-30-18/h3-7,10,15H,8-9,11-13H2,1-2H3,(H,22,27)(H,24,28). The van der Waals surface area contributed by atoms with Gasteiger partial charge < -0.3 is 5.32 Å².